The van der Waals surface area contributed by atoms with Gasteiger partial charge in [0.2, 0.25) is 0 Å². The summed E-state index contributed by atoms with van der Waals surface area (Å²) in [6.45, 7) is 2.19. The summed E-state index contributed by atoms with van der Waals surface area (Å²) in [7, 11) is 0. The fourth-order valence-corrected chi connectivity index (χ4v) is 2.23. The van der Waals surface area contributed by atoms with Crippen LogP contribution in [0.1, 0.15) is 5.56 Å². The zero-order valence-corrected chi connectivity index (χ0v) is 11.1. The lowest BCUT2D eigenvalue weighted by molar-refractivity contribution is -0.138. The molecular weight excluding hydrogens is 254 g/mol. The number of ether oxygens (including phenoxy) is 1. The van der Waals surface area contributed by atoms with Crippen molar-refractivity contribution in [2.45, 2.75) is 13.0 Å². The number of fused-ring (bicyclic) bond motifs is 1. The Morgan fingerprint density at radius 2 is 1.90 bits per heavy atom. The molecule has 102 valence electrons. The Morgan fingerprint density at radius 1 is 1.20 bits per heavy atom. The fraction of sp³-hybridized carbons (Fsp3) is 0.188. The molecule has 1 unspecified atom stereocenters. The quantitative estimate of drug-likeness (QED) is 0.880. The Labute approximate surface area is 117 Å². The third kappa shape index (κ3) is 2.32. The summed E-state index contributed by atoms with van der Waals surface area (Å²) < 4.78 is 5.46. The van der Waals surface area contributed by atoms with Crippen LogP contribution in [0.3, 0.4) is 0 Å². The molecule has 0 aliphatic carbocycles. The molecule has 2 aromatic carbocycles. The number of carboxylic acid groups (broad SMARTS) is 1. The smallest absolute Gasteiger partial charge is 0.329 e. The van der Waals surface area contributed by atoms with E-state index in [0.717, 1.165) is 16.8 Å². The van der Waals surface area contributed by atoms with Crippen LogP contribution < -0.4 is 10.1 Å². The molecule has 0 fully saturated rings. The first-order valence-electron chi connectivity index (χ1n) is 6.47. The first-order chi connectivity index (χ1) is 9.63. The van der Waals surface area contributed by atoms with Crippen molar-refractivity contribution in [1.29, 1.82) is 0 Å². The molecule has 0 bridgehead atoms. The van der Waals surface area contributed by atoms with Crippen LogP contribution in [0, 0.1) is 6.92 Å². The van der Waals surface area contributed by atoms with Crippen molar-refractivity contribution in [3.8, 4) is 16.9 Å². The second-order valence-electron chi connectivity index (χ2n) is 4.92. The van der Waals surface area contributed by atoms with Crippen LogP contribution in [0.4, 0.5) is 5.69 Å². The second kappa shape index (κ2) is 4.89. The molecule has 3 rings (SSSR count). The summed E-state index contributed by atoms with van der Waals surface area (Å²) in [5.41, 5.74) is 4.06. The molecule has 0 spiro atoms. The third-order valence-electron chi connectivity index (χ3n) is 3.40. The van der Waals surface area contributed by atoms with Crippen molar-refractivity contribution in [2.24, 2.45) is 0 Å². The van der Waals surface area contributed by atoms with Gasteiger partial charge in [0.15, 0.2) is 6.04 Å². The SMILES string of the molecule is Cc1ccc(-c2ccc3c(c2)NC(C(=O)O)CO3)cc1. The Hall–Kier alpha value is -2.49. The fourth-order valence-electron chi connectivity index (χ4n) is 2.23. The zero-order valence-electron chi connectivity index (χ0n) is 11.1. The van der Waals surface area contributed by atoms with Crippen LogP contribution in [0.2, 0.25) is 0 Å². The molecule has 1 aliphatic rings. The molecule has 0 saturated carbocycles. The van der Waals surface area contributed by atoms with Gasteiger partial charge in [0.25, 0.3) is 0 Å². The number of benzene rings is 2. The standard InChI is InChI=1S/C16H15NO3/c1-10-2-4-11(5-3-10)12-6-7-15-13(8-12)17-14(9-20-15)16(18)19/h2-8,14,17H,9H2,1H3,(H,18,19). The lowest BCUT2D eigenvalue weighted by Gasteiger charge is -2.25. The topological polar surface area (TPSA) is 58.6 Å². The molecule has 1 atom stereocenters. The molecule has 0 saturated heterocycles. The zero-order chi connectivity index (χ0) is 14.1. The molecule has 0 amide bonds. The molecule has 4 nitrogen and oxygen atoms in total. The maximum atomic E-state index is 11.0. The Morgan fingerprint density at radius 3 is 2.60 bits per heavy atom. The van der Waals surface area contributed by atoms with Crippen molar-refractivity contribution >= 4 is 11.7 Å². The Kier molecular flexibility index (Phi) is 3.06. The van der Waals surface area contributed by atoms with Gasteiger partial charge in [0.05, 0.1) is 5.69 Å². The highest BCUT2D eigenvalue weighted by Gasteiger charge is 2.24. The van der Waals surface area contributed by atoms with Crippen LogP contribution in [0.5, 0.6) is 5.75 Å². The first kappa shape index (κ1) is 12.5. The summed E-state index contributed by atoms with van der Waals surface area (Å²) in [4.78, 5) is 11.0. The first-order valence-corrected chi connectivity index (χ1v) is 6.47. The predicted molar refractivity (Wildman–Crippen MR) is 77.2 cm³/mol. The number of aryl methyl sites for hydroxylation is 1. The largest absolute Gasteiger partial charge is 0.489 e. The monoisotopic (exact) mass is 269 g/mol. The van der Waals surface area contributed by atoms with Crippen LogP contribution in [-0.2, 0) is 4.79 Å². The number of carboxylic acids is 1. The van der Waals surface area contributed by atoms with Crippen molar-refractivity contribution < 1.29 is 14.6 Å². The van der Waals surface area contributed by atoms with E-state index in [1.165, 1.54) is 5.56 Å². The summed E-state index contributed by atoms with van der Waals surface area (Å²) in [5.74, 6) is -0.213. The van der Waals surface area contributed by atoms with Gasteiger partial charge in [0.1, 0.15) is 12.4 Å². The van der Waals surface area contributed by atoms with E-state index < -0.39 is 12.0 Å². The minimum absolute atomic E-state index is 0.145. The van der Waals surface area contributed by atoms with Gasteiger partial charge in [0, 0.05) is 0 Å². The van der Waals surface area contributed by atoms with Crippen LogP contribution >= 0.6 is 0 Å². The summed E-state index contributed by atoms with van der Waals surface area (Å²) in [6.07, 6.45) is 0. The maximum Gasteiger partial charge on any atom is 0.329 e. The Bertz CT molecular complexity index is 649. The van der Waals surface area contributed by atoms with Crippen molar-refractivity contribution in [2.75, 3.05) is 11.9 Å². The van der Waals surface area contributed by atoms with Crippen LogP contribution in [-0.4, -0.2) is 23.7 Å². The average molecular weight is 269 g/mol. The van der Waals surface area contributed by atoms with Crippen LogP contribution in [0.25, 0.3) is 11.1 Å². The van der Waals surface area contributed by atoms with Gasteiger partial charge in [-0.3, -0.25) is 0 Å². The molecule has 4 heteroatoms. The van der Waals surface area contributed by atoms with E-state index in [4.69, 9.17) is 9.84 Å². The van der Waals surface area contributed by atoms with E-state index in [2.05, 4.69) is 29.6 Å². The van der Waals surface area contributed by atoms with E-state index in [1.807, 2.05) is 25.1 Å². The highest BCUT2D eigenvalue weighted by Crippen LogP contribution is 2.33. The van der Waals surface area contributed by atoms with E-state index in [-0.39, 0.29) is 6.61 Å². The van der Waals surface area contributed by atoms with E-state index >= 15 is 0 Å². The average Bonchev–Trinajstić information content (AvgIpc) is 2.47. The second-order valence-corrected chi connectivity index (χ2v) is 4.92. The van der Waals surface area contributed by atoms with Crippen LogP contribution in [0.15, 0.2) is 42.5 Å². The highest BCUT2D eigenvalue weighted by atomic mass is 16.5. The molecule has 0 aromatic heterocycles. The number of hydrogen-bond acceptors (Lipinski definition) is 3. The van der Waals surface area contributed by atoms with Gasteiger partial charge in [-0.15, -0.1) is 0 Å². The predicted octanol–water partition coefficient (Wildman–Crippen LogP) is 2.92. The number of hydrogen-bond donors (Lipinski definition) is 2. The molecule has 2 aromatic rings. The lowest BCUT2D eigenvalue weighted by Crippen LogP contribution is -2.38. The Balaban J connectivity index is 1.94. The number of nitrogens with one attached hydrogen (secondary N) is 1. The molecule has 0 radical (unpaired) electrons. The van der Waals surface area contributed by atoms with E-state index in [1.54, 1.807) is 0 Å². The molecule has 1 aliphatic heterocycles. The number of rotatable bonds is 2. The van der Waals surface area contributed by atoms with Gasteiger partial charge in [-0.25, -0.2) is 4.79 Å². The molecule has 1 heterocycles. The number of aliphatic carboxylic acids is 1. The molecule has 2 N–H and O–H groups in total. The maximum absolute atomic E-state index is 11.0. The van der Waals surface area contributed by atoms with E-state index in [0.29, 0.717) is 5.75 Å². The summed E-state index contributed by atoms with van der Waals surface area (Å²) in [5, 5.41) is 12.0. The van der Waals surface area contributed by atoms with Gasteiger partial charge in [-0.05, 0) is 30.2 Å². The highest BCUT2D eigenvalue weighted by molar-refractivity contribution is 5.81. The normalized spacial score (nSPS) is 16.8. The minimum Gasteiger partial charge on any atom is -0.489 e. The van der Waals surface area contributed by atoms with Gasteiger partial charge >= 0.3 is 5.97 Å². The van der Waals surface area contributed by atoms with Gasteiger partial charge in [-0.2, -0.15) is 0 Å². The van der Waals surface area contributed by atoms with E-state index in [9.17, 15) is 4.79 Å². The van der Waals surface area contributed by atoms with Crippen molar-refractivity contribution in [1.82, 2.24) is 0 Å². The van der Waals surface area contributed by atoms with Crippen molar-refractivity contribution in [3.63, 3.8) is 0 Å². The lowest BCUT2D eigenvalue weighted by atomic mass is 10.0. The molecule has 20 heavy (non-hydrogen) atoms. The minimum atomic E-state index is -0.906. The van der Waals surface area contributed by atoms with Gasteiger partial charge < -0.3 is 15.2 Å². The molecular formula is C16H15NO3. The number of carbonyl (C=O) groups is 1. The van der Waals surface area contributed by atoms with Crippen molar-refractivity contribution in [3.05, 3.63) is 48.0 Å². The summed E-state index contributed by atoms with van der Waals surface area (Å²) in [6, 6.07) is 13.3. The number of anilines is 1. The third-order valence-corrected chi connectivity index (χ3v) is 3.40. The van der Waals surface area contributed by atoms with Gasteiger partial charge in [-0.1, -0.05) is 35.9 Å². The summed E-state index contributed by atoms with van der Waals surface area (Å²) >= 11 is 0.